The molecule has 5 rings (SSSR count). The van der Waals surface area contributed by atoms with Gasteiger partial charge in [-0.3, -0.25) is 0 Å². The number of rotatable bonds is 14. The first-order chi connectivity index (χ1) is 23.2. The van der Waals surface area contributed by atoms with Gasteiger partial charge in [0.05, 0.1) is 0 Å². The molecule has 0 aromatic heterocycles. The van der Waals surface area contributed by atoms with Crippen LogP contribution in [0.2, 0.25) is 0 Å². The zero-order valence-electron chi connectivity index (χ0n) is 30.4. The Hall–Kier alpha value is -4.50. The van der Waals surface area contributed by atoms with E-state index in [1.807, 2.05) is 0 Å². The summed E-state index contributed by atoms with van der Waals surface area (Å²) >= 11 is 0. The van der Waals surface area contributed by atoms with E-state index in [0.29, 0.717) is 12.1 Å². The van der Waals surface area contributed by atoms with Crippen LogP contribution in [0.3, 0.4) is 0 Å². The fourth-order valence-electron chi connectivity index (χ4n) is 6.96. The van der Waals surface area contributed by atoms with Gasteiger partial charge in [-0.05, 0) is 120 Å². The molecule has 3 nitrogen and oxygen atoms in total. The maximum atomic E-state index is 2.49. The number of nitrogens with zero attached hydrogens (tertiary/aromatic N) is 3. The zero-order chi connectivity index (χ0) is 34.2. The minimum absolute atomic E-state index is 0.132. The summed E-state index contributed by atoms with van der Waals surface area (Å²) in [6.07, 6.45) is 0. The normalized spacial score (nSPS) is 11.4. The maximum Gasteiger partial charge on any atom is 0.0429 e. The van der Waals surface area contributed by atoms with Gasteiger partial charge >= 0.3 is 0 Å². The van der Waals surface area contributed by atoms with Crippen molar-refractivity contribution in [1.82, 2.24) is 0 Å². The molecule has 3 heteroatoms. The van der Waals surface area contributed by atoms with Crippen LogP contribution in [0.4, 0.5) is 17.1 Å². The van der Waals surface area contributed by atoms with E-state index in [1.54, 1.807) is 0 Å². The second-order valence-corrected chi connectivity index (χ2v) is 13.8. The molecule has 48 heavy (non-hydrogen) atoms. The Morgan fingerprint density at radius 1 is 0.417 bits per heavy atom. The smallest absolute Gasteiger partial charge is 0.0429 e. The van der Waals surface area contributed by atoms with Crippen LogP contribution in [0.25, 0.3) is 0 Å². The van der Waals surface area contributed by atoms with Gasteiger partial charge in [0.25, 0.3) is 0 Å². The Labute approximate surface area is 290 Å². The monoisotopic (exact) mass is 637 g/mol. The molecule has 0 unspecified atom stereocenters. The SMILES string of the molecule is CCN(Cc1ccc(C)cc1)c1ccc(C(c2ccc(N(CC)Cc3ccc(C)cc3)cc2)c2ccc(N(C(C)C)C(C)C)cc2)cc1. The average Bonchev–Trinajstić information content (AvgIpc) is 3.09. The molecule has 0 aliphatic carbocycles. The Kier molecular flexibility index (Phi) is 11.7. The van der Waals surface area contributed by atoms with Gasteiger partial charge in [0.1, 0.15) is 0 Å². The summed E-state index contributed by atoms with van der Waals surface area (Å²) in [5.74, 6) is 0.132. The first-order valence-electron chi connectivity index (χ1n) is 17.9. The lowest BCUT2D eigenvalue weighted by atomic mass is 9.84. The summed E-state index contributed by atoms with van der Waals surface area (Å²) in [6.45, 7) is 21.6. The van der Waals surface area contributed by atoms with Gasteiger partial charge in [-0.1, -0.05) is 96.1 Å². The molecule has 0 heterocycles. The summed E-state index contributed by atoms with van der Waals surface area (Å²) in [6, 6.07) is 46.6. The van der Waals surface area contributed by atoms with E-state index in [2.05, 4.69) is 191 Å². The van der Waals surface area contributed by atoms with Crippen LogP contribution in [-0.2, 0) is 13.1 Å². The highest BCUT2D eigenvalue weighted by molar-refractivity contribution is 5.57. The van der Waals surface area contributed by atoms with Gasteiger partial charge in [-0.25, -0.2) is 0 Å². The summed E-state index contributed by atoms with van der Waals surface area (Å²) in [7, 11) is 0. The molecule has 0 saturated heterocycles. The van der Waals surface area contributed by atoms with Gasteiger partial charge in [0.2, 0.25) is 0 Å². The third-order valence-electron chi connectivity index (χ3n) is 9.57. The number of benzene rings is 5. The predicted octanol–water partition coefficient (Wildman–Crippen LogP) is 11.2. The van der Waals surface area contributed by atoms with Crippen molar-refractivity contribution in [2.24, 2.45) is 0 Å². The van der Waals surface area contributed by atoms with Crippen molar-refractivity contribution >= 4 is 17.1 Å². The van der Waals surface area contributed by atoms with E-state index in [1.165, 1.54) is 56.0 Å². The van der Waals surface area contributed by atoms with Gasteiger partial charge < -0.3 is 14.7 Å². The molecule has 0 N–H and O–H groups in total. The van der Waals surface area contributed by atoms with Crippen LogP contribution in [0.1, 0.15) is 86.4 Å². The van der Waals surface area contributed by atoms with Crippen LogP contribution in [0, 0.1) is 13.8 Å². The fraction of sp³-hybridized carbons (Fsp3) is 0.333. The molecule has 0 saturated carbocycles. The molecule has 0 atom stereocenters. The van der Waals surface area contributed by atoms with Crippen molar-refractivity contribution in [3.05, 3.63) is 160 Å². The molecule has 0 radical (unpaired) electrons. The maximum absolute atomic E-state index is 2.49. The molecule has 5 aromatic carbocycles. The lowest BCUT2D eigenvalue weighted by molar-refractivity contribution is 0.608. The molecule has 0 bridgehead atoms. The Morgan fingerprint density at radius 3 is 1.02 bits per heavy atom. The Bertz CT molecular complexity index is 1580. The lowest BCUT2D eigenvalue weighted by Gasteiger charge is -2.33. The van der Waals surface area contributed by atoms with Gasteiger partial charge in [-0.2, -0.15) is 0 Å². The predicted molar refractivity (Wildman–Crippen MR) is 209 cm³/mol. The number of aryl methyl sites for hydroxylation is 2. The van der Waals surface area contributed by atoms with E-state index in [0.717, 1.165) is 26.2 Å². The quantitative estimate of drug-likeness (QED) is 0.112. The topological polar surface area (TPSA) is 9.72 Å². The van der Waals surface area contributed by atoms with E-state index in [4.69, 9.17) is 0 Å². The summed E-state index contributed by atoms with van der Waals surface area (Å²) in [4.78, 5) is 7.39. The number of hydrogen-bond acceptors (Lipinski definition) is 3. The fourth-order valence-corrected chi connectivity index (χ4v) is 6.96. The van der Waals surface area contributed by atoms with Crippen LogP contribution >= 0.6 is 0 Å². The molecular formula is C45H55N3. The summed E-state index contributed by atoms with van der Waals surface area (Å²) < 4.78 is 0. The summed E-state index contributed by atoms with van der Waals surface area (Å²) in [5.41, 5.74) is 13.0. The highest BCUT2D eigenvalue weighted by atomic mass is 15.2. The second-order valence-electron chi connectivity index (χ2n) is 13.8. The second kappa shape index (κ2) is 16.1. The molecule has 0 aliphatic heterocycles. The number of hydrogen-bond donors (Lipinski definition) is 0. The van der Waals surface area contributed by atoms with Crippen molar-refractivity contribution in [3.63, 3.8) is 0 Å². The minimum atomic E-state index is 0.132. The zero-order valence-corrected chi connectivity index (χ0v) is 30.4. The van der Waals surface area contributed by atoms with Crippen molar-refractivity contribution in [1.29, 1.82) is 0 Å². The van der Waals surface area contributed by atoms with E-state index >= 15 is 0 Å². The van der Waals surface area contributed by atoms with Crippen LogP contribution in [0.5, 0.6) is 0 Å². The van der Waals surface area contributed by atoms with Crippen molar-refractivity contribution < 1.29 is 0 Å². The molecule has 0 amide bonds. The van der Waals surface area contributed by atoms with Crippen molar-refractivity contribution in [3.8, 4) is 0 Å². The molecule has 5 aromatic rings. The van der Waals surface area contributed by atoms with Crippen LogP contribution in [-0.4, -0.2) is 25.2 Å². The van der Waals surface area contributed by atoms with Crippen LogP contribution < -0.4 is 14.7 Å². The third kappa shape index (κ3) is 8.50. The highest BCUT2D eigenvalue weighted by Crippen LogP contribution is 2.36. The van der Waals surface area contributed by atoms with Gasteiger partial charge in [0.15, 0.2) is 0 Å². The lowest BCUT2D eigenvalue weighted by Crippen LogP contribution is -2.36. The first-order valence-corrected chi connectivity index (χ1v) is 17.9. The number of anilines is 3. The average molecular weight is 638 g/mol. The van der Waals surface area contributed by atoms with Gasteiger partial charge in [-0.15, -0.1) is 0 Å². The summed E-state index contributed by atoms with van der Waals surface area (Å²) in [5, 5.41) is 0. The van der Waals surface area contributed by atoms with Crippen LogP contribution in [0.15, 0.2) is 121 Å². The van der Waals surface area contributed by atoms with Gasteiger partial charge in [0, 0.05) is 61.2 Å². The standard InChI is InChI=1S/C45H55N3/c1-9-46(31-37-15-11-35(7)12-16-37)42-25-19-39(20-26-42)45(41-23-29-44(30-24-41)48(33(3)4)34(5)6)40-21-27-43(28-22-40)47(10-2)32-38-17-13-36(8)14-18-38/h11-30,33-34,45H,9-10,31-32H2,1-8H3. The van der Waals surface area contributed by atoms with E-state index in [9.17, 15) is 0 Å². The molecular weight excluding hydrogens is 583 g/mol. The van der Waals surface area contributed by atoms with E-state index in [-0.39, 0.29) is 5.92 Å². The molecule has 0 aliphatic rings. The van der Waals surface area contributed by atoms with Crippen molar-refractivity contribution in [2.45, 2.75) is 86.5 Å². The molecule has 250 valence electrons. The molecule has 0 fully saturated rings. The highest BCUT2D eigenvalue weighted by Gasteiger charge is 2.20. The Morgan fingerprint density at radius 2 is 0.729 bits per heavy atom. The Balaban J connectivity index is 1.46. The third-order valence-corrected chi connectivity index (χ3v) is 9.57. The van der Waals surface area contributed by atoms with E-state index < -0.39 is 0 Å². The minimum Gasteiger partial charge on any atom is -0.367 e. The molecule has 0 spiro atoms. The first kappa shape index (κ1) is 34.8. The largest absolute Gasteiger partial charge is 0.367 e. The van der Waals surface area contributed by atoms with Crippen molar-refractivity contribution in [2.75, 3.05) is 27.8 Å².